The molecule has 0 aliphatic carbocycles. The van der Waals surface area contributed by atoms with E-state index in [-0.39, 0.29) is 0 Å². The van der Waals surface area contributed by atoms with Gasteiger partial charge in [0.25, 0.3) is 0 Å². The van der Waals surface area contributed by atoms with Gasteiger partial charge < -0.3 is 5.32 Å². The highest BCUT2D eigenvalue weighted by Gasteiger charge is 2.06. The first-order valence-corrected chi connectivity index (χ1v) is 5.63. The minimum Gasteiger partial charge on any atom is -0.364 e. The van der Waals surface area contributed by atoms with Crippen molar-refractivity contribution in [1.82, 2.24) is 10.2 Å². The average Bonchev–Trinajstić information content (AvgIpc) is 2.69. The van der Waals surface area contributed by atoms with Gasteiger partial charge in [0, 0.05) is 17.8 Å². The molecule has 84 valence electrons. The predicted octanol–water partition coefficient (Wildman–Crippen LogP) is 2.89. The molecule has 0 spiro atoms. The fraction of sp³-hybridized carbons (Fsp3) is 0.308. The lowest BCUT2D eigenvalue weighted by Crippen LogP contribution is -2.00. The van der Waals surface area contributed by atoms with Crippen molar-refractivity contribution in [1.29, 1.82) is 0 Å². The molecule has 0 aliphatic rings. The summed E-state index contributed by atoms with van der Waals surface area (Å²) in [5.41, 5.74) is 3.69. The number of nitrogens with one attached hydrogen (secondary N) is 2. The molecule has 2 aromatic rings. The summed E-state index contributed by atoms with van der Waals surface area (Å²) in [5.74, 6) is 0.959. The highest BCUT2D eigenvalue weighted by molar-refractivity contribution is 5.45. The van der Waals surface area contributed by atoms with Crippen LogP contribution in [0.5, 0.6) is 0 Å². The van der Waals surface area contributed by atoms with E-state index in [0.29, 0.717) is 0 Å². The lowest BCUT2D eigenvalue weighted by Gasteiger charge is -2.04. The van der Waals surface area contributed by atoms with Crippen molar-refractivity contribution in [3.63, 3.8) is 0 Å². The quantitative estimate of drug-likeness (QED) is 0.823. The number of nitrogens with zero attached hydrogens (tertiary/aromatic N) is 1. The van der Waals surface area contributed by atoms with Gasteiger partial charge in [-0.2, -0.15) is 5.10 Å². The highest BCUT2D eigenvalue weighted by Crippen LogP contribution is 2.16. The van der Waals surface area contributed by atoms with E-state index >= 15 is 0 Å². The number of H-pyrrole nitrogens is 1. The Morgan fingerprint density at radius 2 is 2.00 bits per heavy atom. The Labute approximate surface area is 95.9 Å². The van der Waals surface area contributed by atoms with Gasteiger partial charge in [0.05, 0.1) is 0 Å². The Balaban J connectivity index is 2.02. The smallest absolute Gasteiger partial charge is 0.151 e. The van der Waals surface area contributed by atoms with E-state index in [0.717, 1.165) is 18.8 Å². The fourth-order valence-corrected chi connectivity index (χ4v) is 1.73. The Morgan fingerprint density at radius 1 is 1.25 bits per heavy atom. The molecule has 0 unspecified atom stereocenters. The van der Waals surface area contributed by atoms with Crippen LogP contribution < -0.4 is 5.32 Å². The van der Waals surface area contributed by atoms with E-state index in [1.54, 1.807) is 0 Å². The molecule has 0 aliphatic heterocycles. The molecule has 0 saturated heterocycles. The minimum atomic E-state index is 0.815. The Morgan fingerprint density at radius 3 is 2.62 bits per heavy atom. The monoisotopic (exact) mass is 215 g/mol. The summed E-state index contributed by atoms with van der Waals surface area (Å²) in [7, 11) is 0. The molecule has 0 radical (unpaired) electrons. The van der Waals surface area contributed by atoms with Gasteiger partial charge in [-0.1, -0.05) is 37.3 Å². The molecule has 0 bridgehead atoms. The first-order chi connectivity index (χ1) is 7.81. The summed E-state index contributed by atoms with van der Waals surface area (Å²) < 4.78 is 0. The maximum Gasteiger partial charge on any atom is 0.151 e. The number of aromatic amines is 1. The van der Waals surface area contributed by atoms with Crippen molar-refractivity contribution in [2.24, 2.45) is 0 Å². The largest absolute Gasteiger partial charge is 0.364 e. The van der Waals surface area contributed by atoms with Crippen molar-refractivity contribution >= 4 is 5.82 Å². The van der Waals surface area contributed by atoms with Crippen LogP contribution in [0.25, 0.3) is 0 Å². The summed E-state index contributed by atoms with van der Waals surface area (Å²) >= 11 is 0. The number of benzene rings is 1. The van der Waals surface area contributed by atoms with Gasteiger partial charge in [-0.3, -0.25) is 5.10 Å². The average molecular weight is 215 g/mol. The van der Waals surface area contributed by atoms with Crippen LogP contribution in [0.2, 0.25) is 0 Å². The van der Waals surface area contributed by atoms with Crippen LogP contribution in [0, 0.1) is 6.92 Å². The Kier molecular flexibility index (Phi) is 3.25. The summed E-state index contributed by atoms with van der Waals surface area (Å²) in [5, 5.41) is 10.7. The highest BCUT2D eigenvalue weighted by atomic mass is 15.2. The van der Waals surface area contributed by atoms with E-state index in [1.165, 1.54) is 16.8 Å². The summed E-state index contributed by atoms with van der Waals surface area (Å²) in [6, 6.07) is 10.3. The molecule has 1 aromatic heterocycles. The molecule has 0 amide bonds. The Bertz CT molecular complexity index is 445. The molecule has 0 atom stereocenters. The lowest BCUT2D eigenvalue weighted by molar-refractivity contribution is 0.965. The molecule has 1 aromatic carbocycles. The van der Waals surface area contributed by atoms with Gasteiger partial charge in [-0.05, 0) is 18.9 Å². The second kappa shape index (κ2) is 4.84. The van der Waals surface area contributed by atoms with Gasteiger partial charge in [0.2, 0.25) is 0 Å². The number of aromatic nitrogens is 2. The number of anilines is 1. The molecule has 2 rings (SSSR count). The second-order valence-corrected chi connectivity index (χ2v) is 3.87. The van der Waals surface area contributed by atoms with E-state index in [1.807, 2.05) is 18.2 Å². The Hall–Kier alpha value is -1.77. The topological polar surface area (TPSA) is 40.7 Å². The summed E-state index contributed by atoms with van der Waals surface area (Å²) in [6.07, 6.45) is 0.992. The van der Waals surface area contributed by atoms with E-state index in [4.69, 9.17) is 0 Å². The van der Waals surface area contributed by atoms with Crippen LogP contribution >= 0.6 is 0 Å². The van der Waals surface area contributed by atoms with Gasteiger partial charge >= 0.3 is 0 Å². The molecule has 1 heterocycles. The first-order valence-electron chi connectivity index (χ1n) is 5.63. The predicted molar refractivity (Wildman–Crippen MR) is 66.5 cm³/mol. The van der Waals surface area contributed by atoms with Gasteiger partial charge in [-0.15, -0.1) is 0 Å². The van der Waals surface area contributed by atoms with Crippen molar-refractivity contribution in [3.8, 4) is 0 Å². The number of aryl methyl sites for hydroxylation is 1. The molecule has 16 heavy (non-hydrogen) atoms. The normalized spacial score (nSPS) is 10.4. The van der Waals surface area contributed by atoms with E-state index < -0.39 is 0 Å². The van der Waals surface area contributed by atoms with Gasteiger partial charge in [-0.25, -0.2) is 0 Å². The zero-order chi connectivity index (χ0) is 11.4. The van der Waals surface area contributed by atoms with Crippen LogP contribution in [-0.4, -0.2) is 10.2 Å². The third kappa shape index (κ3) is 2.24. The number of rotatable bonds is 4. The maximum atomic E-state index is 4.27. The van der Waals surface area contributed by atoms with Crippen molar-refractivity contribution in [3.05, 3.63) is 47.2 Å². The summed E-state index contributed by atoms with van der Waals surface area (Å²) in [4.78, 5) is 0. The molecular weight excluding hydrogens is 198 g/mol. The molecule has 3 nitrogen and oxygen atoms in total. The number of hydrogen-bond acceptors (Lipinski definition) is 2. The van der Waals surface area contributed by atoms with Crippen LogP contribution in [-0.2, 0) is 13.0 Å². The van der Waals surface area contributed by atoms with Crippen molar-refractivity contribution < 1.29 is 0 Å². The third-order valence-corrected chi connectivity index (χ3v) is 2.77. The zero-order valence-electron chi connectivity index (χ0n) is 9.75. The fourth-order valence-electron chi connectivity index (χ4n) is 1.73. The van der Waals surface area contributed by atoms with E-state index in [9.17, 15) is 0 Å². The zero-order valence-corrected chi connectivity index (χ0v) is 9.75. The standard InChI is InChI=1S/C13H17N3/c1-3-12-10(2)13(16-15-12)14-9-11-7-5-4-6-8-11/h4-8H,3,9H2,1-2H3,(H2,14,15,16). The van der Waals surface area contributed by atoms with Crippen LogP contribution in [0.1, 0.15) is 23.7 Å². The molecule has 0 saturated carbocycles. The van der Waals surface area contributed by atoms with Crippen LogP contribution in [0.4, 0.5) is 5.82 Å². The van der Waals surface area contributed by atoms with Crippen LogP contribution in [0.3, 0.4) is 0 Å². The number of hydrogen-bond donors (Lipinski definition) is 2. The van der Waals surface area contributed by atoms with Gasteiger partial charge in [0.1, 0.15) is 0 Å². The van der Waals surface area contributed by atoms with Gasteiger partial charge in [0.15, 0.2) is 5.82 Å². The van der Waals surface area contributed by atoms with Crippen LogP contribution in [0.15, 0.2) is 30.3 Å². The molecule has 0 fully saturated rings. The lowest BCUT2D eigenvalue weighted by atomic mass is 10.2. The maximum absolute atomic E-state index is 4.27. The minimum absolute atomic E-state index is 0.815. The second-order valence-electron chi connectivity index (χ2n) is 3.87. The first kappa shape index (κ1) is 10.7. The van der Waals surface area contributed by atoms with E-state index in [2.05, 4.69) is 41.5 Å². The van der Waals surface area contributed by atoms with Crippen molar-refractivity contribution in [2.45, 2.75) is 26.8 Å². The molecular formula is C13H17N3. The van der Waals surface area contributed by atoms with Crippen molar-refractivity contribution in [2.75, 3.05) is 5.32 Å². The molecule has 3 heteroatoms. The SMILES string of the molecule is CCc1[nH]nc(NCc2ccccc2)c1C. The summed E-state index contributed by atoms with van der Waals surface area (Å²) in [6.45, 7) is 5.03. The third-order valence-electron chi connectivity index (χ3n) is 2.77. The molecule has 2 N–H and O–H groups in total.